The van der Waals surface area contributed by atoms with Crippen LogP contribution in [0.5, 0.6) is 0 Å². The lowest BCUT2D eigenvalue weighted by Gasteiger charge is -2.39. The summed E-state index contributed by atoms with van der Waals surface area (Å²) in [4.78, 5) is 17.2. The van der Waals surface area contributed by atoms with Gasteiger partial charge in [-0.1, -0.05) is 58.4 Å². The third-order valence-corrected chi connectivity index (χ3v) is 11.0. The summed E-state index contributed by atoms with van der Waals surface area (Å²) in [6, 6.07) is 11.1. The summed E-state index contributed by atoms with van der Waals surface area (Å²) in [5, 5.41) is 7.65. The quantitative estimate of drug-likeness (QED) is 0.340. The topological polar surface area (TPSA) is 68.5 Å². The van der Waals surface area contributed by atoms with E-state index in [0.29, 0.717) is 28.8 Å². The highest BCUT2D eigenvalue weighted by Gasteiger charge is 2.38. The molecule has 3 rings (SSSR count). The number of benzene rings is 1. The molecule has 0 aliphatic heterocycles. The molecule has 0 aliphatic carbocycles. The van der Waals surface area contributed by atoms with Crippen molar-refractivity contribution in [2.45, 2.75) is 65.1 Å². The summed E-state index contributed by atoms with van der Waals surface area (Å²) in [5.74, 6) is 0.149. The van der Waals surface area contributed by atoms with Gasteiger partial charge in [0.15, 0.2) is 14.0 Å². The van der Waals surface area contributed by atoms with Crippen LogP contribution in [0.3, 0.4) is 0 Å². The standard InChI is InChI=1S/C24H33ClN4O2Si/c1-16-13-21-26-20(14-19(25)29(21)28-16)27-22(30)17-9-11-18(12-10-17)24(5,6)15-31-32(7,8)23(2,3)4/h9-14H,15H2,1-8H3,(H,26,27,30). The van der Waals surface area contributed by atoms with E-state index in [-0.39, 0.29) is 16.4 Å². The highest BCUT2D eigenvalue weighted by Crippen LogP contribution is 2.38. The second kappa shape index (κ2) is 8.61. The summed E-state index contributed by atoms with van der Waals surface area (Å²) in [6.07, 6.45) is 0. The van der Waals surface area contributed by atoms with E-state index in [9.17, 15) is 4.79 Å². The summed E-state index contributed by atoms with van der Waals surface area (Å²) in [5.41, 5.74) is 2.91. The number of anilines is 1. The second-order valence-electron chi connectivity index (χ2n) is 10.5. The van der Waals surface area contributed by atoms with Crippen molar-refractivity contribution >= 4 is 37.3 Å². The zero-order valence-electron chi connectivity index (χ0n) is 20.2. The number of carbonyl (C=O) groups is 1. The third kappa shape index (κ3) is 5.22. The van der Waals surface area contributed by atoms with E-state index in [1.54, 1.807) is 6.07 Å². The van der Waals surface area contributed by atoms with Crippen LogP contribution in [-0.2, 0) is 9.84 Å². The van der Waals surface area contributed by atoms with E-state index in [0.717, 1.165) is 11.3 Å². The molecule has 172 valence electrons. The van der Waals surface area contributed by atoms with Crippen LogP contribution in [0.25, 0.3) is 5.65 Å². The van der Waals surface area contributed by atoms with Crippen molar-refractivity contribution in [3.05, 3.63) is 58.4 Å². The first kappa shape index (κ1) is 24.4. The summed E-state index contributed by atoms with van der Waals surface area (Å²) < 4.78 is 7.99. The Morgan fingerprint density at radius 3 is 2.34 bits per heavy atom. The van der Waals surface area contributed by atoms with Gasteiger partial charge >= 0.3 is 0 Å². The van der Waals surface area contributed by atoms with Crippen LogP contribution in [0.2, 0.25) is 23.3 Å². The van der Waals surface area contributed by atoms with Crippen molar-refractivity contribution < 1.29 is 9.22 Å². The van der Waals surface area contributed by atoms with Crippen LogP contribution in [0.4, 0.5) is 5.82 Å². The maximum absolute atomic E-state index is 12.8. The van der Waals surface area contributed by atoms with Crippen LogP contribution in [0.1, 0.15) is 56.2 Å². The Kier molecular flexibility index (Phi) is 6.57. The smallest absolute Gasteiger partial charge is 0.256 e. The van der Waals surface area contributed by atoms with Crippen LogP contribution >= 0.6 is 11.6 Å². The molecule has 6 nitrogen and oxygen atoms in total. The molecule has 2 aromatic heterocycles. The van der Waals surface area contributed by atoms with Crippen molar-refractivity contribution in [2.24, 2.45) is 0 Å². The maximum atomic E-state index is 12.8. The zero-order valence-corrected chi connectivity index (χ0v) is 22.0. The second-order valence-corrected chi connectivity index (χ2v) is 15.7. The molecule has 1 amide bonds. The van der Waals surface area contributed by atoms with Crippen LogP contribution in [-0.4, -0.2) is 35.4 Å². The normalized spacial score (nSPS) is 12.9. The van der Waals surface area contributed by atoms with Crippen molar-refractivity contribution in [3.63, 3.8) is 0 Å². The Hall–Kier alpha value is -2.22. The molecule has 0 bridgehead atoms. The van der Waals surface area contributed by atoms with Crippen LogP contribution < -0.4 is 5.32 Å². The molecule has 0 radical (unpaired) electrons. The Labute approximate surface area is 196 Å². The van der Waals surface area contributed by atoms with Gasteiger partial charge in [-0.05, 0) is 42.8 Å². The fourth-order valence-electron chi connectivity index (χ4n) is 3.04. The molecule has 3 aromatic rings. The average Bonchev–Trinajstić information content (AvgIpc) is 3.06. The molecule has 0 saturated heterocycles. The fourth-order valence-corrected chi connectivity index (χ4v) is 4.42. The van der Waals surface area contributed by atoms with Gasteiger partial charge in [0.25, 0.3) is 5.91 Å². The lowest BCUT2D eigenvalue weighted by Crippen LogP contribution is -2.43. The number of amides is 1. The molecule has 0 spiro atoms. The first-order chi connectivity index (χ1) is 14.7. The number of hydrogen-bond donors (Lipinski definition) is 1. The van der Waals surface area contributed by atoms with Crippen molar-refractivity contribution in [1.82, 2.24) is 14.6 Å². The minimum atomic E-state index is -1.83. The predicted octanol–water partition coefficient (Wildman–Crippen LogP) is 6.24. The SMILES string of the molecule is Cc1cc2nc(NC(=O)c3ccc(C(C)(C)CO[Si](C)(C)C(C)(C)C)cc3)cc(Cl)n2n1. The number of rotatable bonds is 6. The average molecular weight is 473 g/mol. The van der Waals surface area contributed by atoms with Crippen LogP contribution in [0, 0.1) is 6.92 Å². The van der Waals surface area contributed by atoms with E-state index >= 15 is 0 Å². The summed E-state index contributed by atoms with van der Waals surface area (Å²) >= 11 is 6.27. The number of carbonyl (C=O) groups excluding carboxylic acids is 1. The van der Waals surface area contributed by atoms with Crippen LogP contribution in [0.15, 0.2) is 36.4 Å². The molecule has 0 unspecified atom stereocenters. The number of aryl methyl sites for hydroxylation is 1. The molecule has 0 saturated carbocycles. The van der Waals surface area contributed by atoms with Gasteiger partial charge in [-0.2, -0.15) is 5.10 Å². The molecule has 1 N–H and O–H groups in total. The lowest BCUT2D eigenvalue weighted by molar-refractivity contribution is 0.102. The Balaban J connectivity index is 1.71. The number of fused-ring (bicyclic) bond motifs is 1. The number of hydrogen-bond acceptors (Lipinski definition) is 4. The van der Waals surface area contributed by atoms with Gasteiger partial charge in [0.2, 0.25) is 0 Å². The van der Waals surface area contributed by atoms with Crippen molar-refractivity contribution in [2.75, 3.05) is 11.9 Å². The monoisotopic (exact) mass is 472 g/mol. The molecular weight excluding hydrogens is 440 g/mol. The number of nitrogens with zero attached hydrogens (tertiary/aromatic N) is 3. The minimum absolute atomic E-state index is 0.162. The first-order valence-electron chi connectivity index (χ1n) is 10.8. The molecule has 8 heteroatoms. The van der Waals surface area contributed by atoms with Crippen molar-refractivity contribution in [3.8, 4) is 0 Å². The van der Waals surface area contributed by atoms with Gasteiger partial charge in [0, 0.05) is 29.7 Å². The molecule has 0 atom stereocenters. The highest BCUT2D eigenvalue weighted by atomic mass is 35.5. The first-order valence-corrected chi connectivity index (χ1v) is 14.1. The molecule has 0 aliphatic rings. The number of nitrogens with one attached hydrogen (secondary N) is 1. The summed E-state index contributed by atoms with van der Waals surface area (Å²) in [7, 11) is -1.83. The summed E-state index contributed by atoms with van der Waals surface area (Å²) in [6.45, 7) is 18.1. The Morgan fingerprint density at radius 1 is 1.12 bits per heavy atom. The lowest BCUT2D eigenvalue weighted by atomic mass is 9.85. The highest BCUT2D eigenvalue weighted by molar-refractivity contribution is 6.74. The maximum Gasteiger partial charge on any atom is 0.256 e. The van der Waals surface area contributed by atoms with Gasteiger partial charge < -0.3 is 9.74 Å². The van der Waals surface area contributed by atoms with Gasteiger partial charge in [-0.3, -0.25) is 4.79 Å². The van der Waals surface area contributed by atoms with E-state index in [2.05, 4.69) is 63.1 Å². The fraction of sp³-hybridized carbons (Fsp3) is 0.458. The van der Waals surface area contributed by atoms with Gasteiger partial charge in [0.05, 0.1) is 5.69 Å². The molecule has 1 aromatic carbocycles. The minimum Gasteiger partial charge on any atom is -0.416 e. The third-order valence-electron chi connectivity index (χ3n) is 6.28. The molecule has 0 fully saturated rings. The Bertz CT molecular complexity index is 1130. The number of aromatic nitrogens is 3. The van der Waals surface area contributed by atoms with Crippen molar-refractivity contribution in [1.29, 1.82) is 0 Å². The van der Waals surface area contributed by atoms with Gasteiger partial charge in [-0.15, -0.1) is 0 Å². The van der Waals surface area contributed by atoms with Gasteiger partial charge in [-0.25, -0.2) is 9.50 Å². The van der Waals surface area contributed by atoms with E-state index in [1.165, 1.54) is 4.52 Å². The zero-order chi connectivity index (χ0) is 23.9. The molecule has 2 heterocycles. The molecular formula is C24H33ClN4O2Si. The van der Waals surface area contributed by atoms with Gasteiger partial charge in [0.1, 0.15) is 11.0 Å². The Morgan fingerprint density at radius 2 is 1.75 bits per heavy atom. The predicted molar refractivity (Wildman–Crippen MR) is 133 cm³/mol. The van der Waals surface area contributed by atoms with E-state index < -0.39 is 8.32 Å². The van der Waals surface area contributed by atoms with E-state index in [4.69, 9.17) is 16.0 Å². The van der Waals surface area contributed by atoms with E-state index in [1.807, 2.05) is 37.3 Å². The largest absolute Gasteiger partial charge is 0.416 e. The molecule has 32 heavy (non-hydrogen) atoms. The number of halogens is 1.